The molecule has 5 heteroatoms. The molecule has 90 valence electrons. The molecule has 2 heterocycles. The molecule has 0 amide bonds. The van der Waals surface area contributed by atoms with Crippen molar-refractivity contribution in [3.63, 3.8) is 0 Å². The number of anilines is 1. The monoisotopic (exact) mass is 248 g/mol. The van der Waals surface area contributed by atoms with Crippen LogP contribution in [0.1, 0.15) is 32.1 Å². The highest BCUT2D eigenvalue weighted by Gasteiger charge is 2.36. The van der Waals surface area contributed by atoms with Gasteiger partial charge in [-0.25, -0.2) is 9.97 Å². The lowest BCUT2D eigenvalue weighted by atomic mass is 9.84. The summed E-state index contributed by atoms with van der Waals surface area (Å²) in [5, 5.41) is 4.33. The van der Waals surface area contributed by atoms with Gasteiger partial charge in [0.25, 0.3) is 0 Å². The molecule has 1 aliphatic carbocycles. The summed E-state index contributed by atoms with van der Waals surface area (Å²) >= 11 is 1.83. The third-order valence-corrected chi connectivity index (χ3v) is 4.56. The Morgan fingerprint density at radius 2 is 1.88 bits per heavy atom. The van der Waals surface area contributed by atoms with Gasteiger partial charge < -0.3 is 5.32 Å². The van der Waals surface area contributed by atoms with E-state index in [0.717, 1.165) is 16.6 Å². The van der Waals surface area contributed by atoms with Crippen molar-refractivity contribution >= 4 is 22.6 Å². The first-order valence-corrected chi connectivity index (χ1v) is 7.10. The normalized spacial score (nSPS) is 22.5. The molecule has 1 spiro atoms. The molecular weight excluding hydrogens is 232 g/mol. The van der Waals surface area contributed by atoms with E-state index in [0.29, 0.717) is 0 Å². The zero-order valence-electron chi connectivity index (χ0n) is 9.72. The standard InChI is InChI=1S/C12H16N4S/c1-2-4-12(5-3-1)8-17-11(16-12)15-10-6-13-9-14-7-10/h6-7,9H,1-5,8H2,(H,15,16). The molecule has 1 N–H and O–H groups in total. The first kappa shape index (κ1) is 11.0. The Morgan fingerprint density at radius 3 is 2.65 bits per heavy atom. The van der Waals surface area contributed by atoms with Crippen LogP contribution in [0.2, 0.25) is 0 Å². The van der Waals surface area contributed by atoms with Crippen molar-refractivity contribution < 1.29 is 0 Å². The highest BCUT2D eigenvalue weighted by Crippen LogP contribution is 2.39. The van der Waals surface area contributed by atoms with Gasteiger partial charge in [0.2, 0.25) is 0 Å². The van der Waals surface area contributed by atoms with E-state index in [4.69, 9.17) is 4.99 Å². The lowest BCUT2D eigenvalue weighted by Gasteiger charge is -2.29. The van der Waals surface area contributed by atoms with Gasteiger partial charge in [0, 0.05) is 5.75 Å². The summed E-state index contributed by atoms with van der Waals surface area (Å²) in [6.07, 6.45) is 11.6. The Hall–Kier alpha value is -1.10. The number of nitrogens with one attached hydrogen (secondary N) is 1. The quantitative estimate of drug-likeness (QED) is 0.830. The van der Waals surface area contributed by atoms with E-state index < -0.39 is 0 Å². The van der Waals surface area contributed by atoms with Crippen molar-refractivity contribution in [3.8, 4) is 0 Å². The van der Waals surface area contributed by atoms with Gasteiger partial charge in [-0.15, -0.1) is 0 Å². The van der Waals surface area contributed by atoms with Crippen molar-refractivity contribution in [3.05, 3.63) is 18.7 Å². The summed E-state index contributed by atoms with van der Waals surface area (Å²) in [6, 6.07) is 0. The molecule has 0 saturated heterocycles. The summed E-state index contributed by atoms with van der Waals surface area (Å²) in [5.74, 6) is 1.13. The first-order valence-electron chi connectivity index (χ1n) is 6.11. The topological polar surface area (TPSA) is 50.2 Å². The van der Waals surface area contributed by atoms with Crippen molar-refractivity contribution in [1.82, 2.24) is 9.97 Å². The van der Waals surface area contributed by atoms with Crippen molar-refractivity contribution in [2.45, 2.75) is 37.6 Å². The average molecular weight is 248 g/mol. The van der Waals surface area contributed by atoms with E-state index in [2.05, 4.69) is 15.3 Å². The lowest BCUT2D eigenvalue weighted by Crippen LogP contribution is -2.29. The van der Waals surface area contributed by atoms with Crippen LogP contribution in [0.5, 0.6) is 0 Å². The Bertz CT molecular complexity index is 412. The van der Waals surface area contributed by atoms with Gasteiger partial charge in [-0.1, -0.05) is 31.0 Å². The Kier molecular flexibility index (Phi) is 3.01. The molecule has 4 nitrogen and oxygen atoms in total. The van der Waals surface area contributed by atoms with E-state index in [9.17, 15) is 0 Å². The highest BCUT2D eigenvalue weighted by atomic mass is 32.2. The Labute approximate surface area is 105 Å². The molecular formula is C12H16N4S. The number of aliphatic imine (C=N–C) groups is 1. The molecule has 3 rings (SSSR count). The number of hydrogen-bond acceptors (Lipinski definition) is 5. The molecule has 17 heavy (non-hydrogen) atoms. The minimum absolute atomic E-state index is 0.223. The van der Waals surface area contributed by atoms with Crippen molar-refractivity contribution in [1.29, 1.82) is 0 Å². The fourth-order valence-electron chi connectivity index (χ4n) is 2.50. The molecule has 0 aromatic carbocycles. The summed E-state index contributed by atoms with van der Waals surface area (Å²) in [6.45, 7) is 0. The molecule has 1 aromatic heterocycles. The first-order chi connectivity index (χ1) is 8.36. The van der Waals surface area contributed by atoms with Gasteiger partial charge in [-0.2, -0.15) is 0 Å². The Balaban J connectivity index is 1.71. The van der Waals surface area contributed by atoms with E-state index in [1.807, 2.05) is 11.8 Å². The minimum atomic E-state index is 0.223. The van der Waals surface area contributed by atoms with Crippen molar-refractivity contribution in [2.24, 2.45) is 4.99 Å². The van der Waals surface area contributed by atoms with Crippen molar-refractivity contribution in [2.75, 3.05) is 11.1 Å². The maximum absolute atomic E-state index is 4.89. The number of aromatic nitrogens is 2. The smallest absolute Gasteiger partial charge is 0.161 e. The number of nitrogens with zero attached hydrogens (tertiary/aromatic N) is 3. The van der Waals surface area contributed by atoms with Crippen LogP contribution in [0.25, 0.3) is 0 Å². The molecule has 1 saturated carbocycles. The molecule has 1 aliphatic heterocycles. The van der Waals surface area contributed by atoms with Crippen LogP contribution in [-0.2, 0) is 0 Å². The number of rotatable bonds is 1. The van der Waals surface area contributed by atoms with Gasteiger partial charge in [-0.05, 0) is 12.8 Å². The summed E-state index contributed by atoms with van der Waals surface area (Å²) in [4.78, 5) is 12.9. The number of hydrogen-bond donors (Lipinski definition) is 1. The fourth-order valence-corrected chi connectivity index (χ4v) is 3.71. The van der Waals surface area contributed by atoms with Gasteiger partial charge >= 0.3 is 0 Å². The second kappa shape index (κ2) is 4.64. The predicted octanol–water partition coefficient (Wildman–Crippen LogP) is 2.69. The second-order valence-corrected chi connectivity index (χ2v) is 5.71. The third kappa shape index (κ3) is 2.44. The van der Waals surface area contributed by atoms with Gasteiger partial charge in [0.05, 0.1) is 23.6 Å². The van der Waals surface area contributed by atoms with Crippen LogP contribution in [0, 0.1) is 0 Å². The molecule has 0 atom stereocenters. The summed E-state index contributed by atoms with van der Waals surface area (Å²) < 4.78 is 0. The SMILES string of the molecule is c1ncc(NC2=NC3(CCCCC3)CS2)cn1. The van der Waals surface area contributed by atoms with E-state index in [-0.39, 0.29) is 5.54 Å². The molecule has 0 radical (unpaired) electrons. The fraction of sp³-hybridized carbons (Fsp3) is 0.583. The molecule has 1 fully saturated rings. The van der Waals surface area contributed by atoms with E-state index >= 15 is 0 Å². The van der Waals surface area contributed by atoms with Crippen LogP contribution in [-0.4, -0.2) is 26.4 Å². The molecule has 1 aromatic rings. The summed E-state index contributed by atoms with van der Waals surface area (Å²) in [5.41, 5.74) is 1.15. The third-order valence-electron chi connectivity index (χ3n) is 3.41. The zero-order chi connectivity index (χ0) is 11.6. The van der Waals surface area contributed by atoms with E-state index in [1.54, 1.807) is 12.4 Å². The van der Waals surface area contributed by atoms with Crippen LogP contribution in [0.3, 0.4) is 0 Å². The van der Waals surface area contributed by atoms with Gasteiger partial charge in [-0.3, -0.25) is 4.99 Å². The maximum Gasteiger partial charge on any atom is 0.161 e. The highest BCUT2D eigenvalue weighted by molar-refractivity contribution is 8.14. The largest absolute Gasteiger partial charge is 0.332 e. The lowest BCUT2D eigenvalue weighted by molar-refractivity contribution is 0.335. The average Bonchev–Trinajstić information content (AvgIpc) is 2.74. The molecule has 2 aliphatic rings. The predicted molar refractivity (Wildman–Crippen MR) is 71.4 cm³/mol. The number of thioether (sulfide) groups is 1. The Morgan fingerprint density at radius 1 is 1.12 bits per heavy atom. The molecule has 0 bridgehead atoms. The zero-order valence-corrected chi connectivity index (χ0v) is 10.5. The minimum Gasteiger partial charge on any atom is -0.332 e. The molecule has 0 unspecified atom stereocenters. The second-order valence-electron chi connectivity index (χ2n) is 4.74. The van der Waals surface area contributed by atoms with E-state index in [1.165, 1.54) is 38.4 Å². The number of amidine groups is 1. The summed E-state index contributed by atoms with van der Waals surface area (Å²) in [7, 11) is 0. The van der Waals surface area contributed by atoms with Crippen LogP contribution in [0.15, 0.2) is 23.7 Å². The van der Waals surface area contributed by atoms with Crippen LogP contribution in [0.4, 0.5) is 5.69 Å². The van der Waals surface area contributed by atoms with Gasteiger partial charge in [0.15, 0.2) is 5.17 Å². The van der Waals surface area contributed by atoms with Crippen LogP contribution < -0.4 is 5.32 Å². The van der Waals surface area contributed by atoms with Crippen LogP contribution >= 0.6 is 11.8 Å². The van der Waals surface area contributed by atoms with Gasteiger partial charge in [0.1, 0.15) is 6.33 Å². The maximum atomic E-state index is 4.89.